The molecule has 0 spiro atoms. The summed E-state index contributed by atoms with van der Waals surface area (Å²) in [6.45, 7) is 1.33. The van der Waals surface area contributed by atoms with Crippen LogP contribution in [0.3, 0.4) is 0 Å². The first-order valence-corrected chi connectivity index (χ1v) is 8.68. The number of amides is 3. The quantitative estimate of drug-likeness (QED) is 0.740. The van der Waals surface area contributed by atoms with Crippen molar-refractivity contribution in [1.29, 1.82) is 0 Å². The van der Waals surface area contributed by atoms with Gasteiger partial charge in [-0.15, -0.1) is 0 Å². The average Bonchev–Trinajstić information content (AvgIpc) is 2.45. The Kier molecular flexibility index (Phi) is 6.26. The number of sulfone groups is 1. The van der Waals surface area contributed by atoms with Crippen LogP contribution in [0.2, 0.25) is 0 Å². The molecule has 0 saturated carbocycles. The minimum absolute atomic E-state index is 0.132. The maximum absolute atomic E-state index is 11.9. The fourth-order valence-corrected chi connectivity index (χ4v) is 2.40. The minimum Gasteiger partial charge on any atom is -0.449 e. The van der Waals surface area contributed by atoms with Gasteiger partial charge in [0.25, 0.3) is 5.91 Å². The lowest BCUT2D eigenvalue weighted by atomic mass is 10.1. The van der Waals surface area contributed by atoms with Crippen molar-refractivity contribution >= 4 is 27.7 Å². The third-order valence-electron chi connectivity index (χ3n) is 2.74. The van der Waals surface area contributed by atoms with Crippen molar-refractivity contribution in [2.45, 2.75) is 18.8 Å². The summed E-state index contributed by atoms with van der Waals surface area (Å²) in [6, 6.07) is 5.10. The van der Waals surface area contributed by atoms with Gasteiger partial charge in [-0.3, -0.25) is 10.1 Å². The zero-order valence-corrected chi connectivity index (χ0v) is 13.8. The fourth-order valence-electron chi connectivity index (χ4n) is 1.60. The second-order valence-electron chi connectivity index (χ2n) is 4.88. The summed E-state index contributed by atoms with van der Waals surface area (Å²) in [6.07, 6.45) is -0.0439. The molecule has 2 N–H and O–H groups in total. The average molecular weight is 342 g/mol. The molecule has 0 radical (unpaired) electrons. The number of benzene rings is 1. The van der Waals surface area contributed by atoms with Gasteiger partial charge in [0, 0.05) is 13.3 Å². The molecule has 8 nitrogen and oxygen atoms in total. The molecular formula is C14H18N2O6S. The number of carbonyl (C=O) groups excluding carboxylic acids is 3. The van der Waals surface area contributed by atoms with Crippen LogP contribution in [0.4, 0.5) is 4.79 Å². The molecule has 1 aromatic rings. The number of nitrogens with one attached hydrogen (secondary N) is 2. The van der Waals surface area contributed by atoms with Gasteiger partial charge in [0.15, 0.2) is 15.9 Å². The molecule has 1 rings (SSSR count). The molecule has 0 unspecified atom stereocenters. The number of rotatable bonds is 5. The maximum atomic E-state index is 11.9. The molecule has 9 heteroatoms. The van der Waals surface area contributed by atoms with E-state index in [1.165, 1.54) is 38.2 Å². The van der Waals surface area contributed by atoms with Gasteiger partial charge >= 0.3 is 12.0 Å². The highest BCUT2D eigenvalue weighted by molar-refractivity contribution is 7.89. The molecule has 23 heavy (non-hydrogen) atoms. The van der Waals surface area contributed by atoms with E-state index in [1.807, 2.05) is 5.32 Å². The van der Waals surface area contributed by atoms with Gasteiger partial charge < -0.3 is 10.1 Å². The number of hydrogen-bond acceptors (Lipinski definition) is 6. The molecule has 0 aliphatic heterocycles. The van der Waals surface area contributed by atoms with E-state index >= 15 is 0 Å². The lowest BCUT2D eigenvalue weighted by molar-refractivity contribution is -0.127. The van der Waals surface area contributed by atoms with Crippen molar-refractivity contribution in [1.82, 2.24) is 10.6 Å². The lowest BCUT2D eigenvalue weighted by Gasteiger charge is -2.12. The highest BCUT2D eigenvalue weighted by Crippen LogP contribution is 2.10. The second kappa shape index (κ2) is 7.73. The Morgan fingerprint density at radius 2 is 1.74 bits per heavy atom. The van der Waals surface area contributed by atoms with Crippen LogP contribution in [-0.4, -0.2) is 45.7 Å². The summed E-state index contributed by atoms with van der Waals surface area (Å²) >= 11 is 0. The number of carbonyl (C=O) groups is 3. The van der Waals surface area contributed by atoms with Crippen molar-refractivity contribution in [3.8, 4) is 0 Å². The smallest absolute Gasteiger partial charge is 0.338 e. The molecule has 0 heterocycles. The van der Waals surface area contributed by atoms with E-state index in [2.05, 4.69) is 5.32 Å². The van der Waals surface area contributed by atoms with Gasteiger partial charge in [-0.1, -0.05) is 12.1 Å². The van der Waals surface area contributed by atoms with Gasteiger partial charge in [-0.05, 0) is 24.6 Å². The number of urea groups is 1. The van der Waals surface area contributed by atoms with E-state index in [0.717, 1.165) is 6.26 Å². The predicted octanol–water partition coefficient (Wildman–Crippen LogP) is 0.232. The molecule has 0 fully saturated rings. The SMILES string of the molecule is CNC(=O)NC(=O)[C@@H](C)OC(=O)c1ccc(CS(C)(=O)=O)cc1. The molecule has 0 bridgehead atoms. The molecule has 126 valence electrons. The third-order valence-corrected chi connectivity index (χ3v) is 3.59. The Labute approximate surface area is 134 Å². The van der Waals surface area contributed by atoms with Gasteiger partial charge in [-0.2, -0.15) is 0 Å². The summed E-state index contributed by atoms with van der Waals surface area (Å²) in [5, 5.41) is 4.19. The summed E-state index contributed by atoms with van der Waals surface area (Å²) in [5.74, 6) is -1.64. The fraction of sp³-hybridized carbons (Fsp3) is 0.357. The molecule has 0 aliphatic rings. The number of esters is 1. The van der Waals surface area contributed by atoms with E-state index in [1.54, 1.807) is 0 Å². The Morgan fingerprint density at radius 3 is 2.22 bits per heavy atom. The van der Waals surface area contributed by atoms with Crippen LogP contribution in [0.5, 0.6) is 0 Å². The minimum atomic E-state index is -3.16. The van der Waals surface area contributed by atoms with E-state index in [4.69, 9.17) is 4.74 Å². The van der Waals surface area contributed by atoms with E-state index in [0.29, 0.717) is 5.56 Å². The van der Waals surface area contributed by atoms with Gasteiger partial charge in [0.2, 0.25) is 0 Å². The summed E-state index contributed by atoms with van der Waals surface area (Å²) in [4.78, 5) is 34.5. The highest BCUT2D eigenvalue weighted by atomic mass is 32.2. The first kappa shape index (κ1) is 18.6. The number of hydrogen-bond donors (Lipinski definition) is 2. The first-order valence-electron chi connectivity index (χ1n) is 6.62. The van der Waals surface area contributed by atoms with Crippen molar-refractivity contribution < 1.29 is 27.5 Å². The summed E-state index contributed by atoms with van der Waals surface area (Å²) in [7, 11) is -1.82. The zero-order chi connectivity index (χ0) is 17.6. The van der Waals surface area contributed by atoms with Crippen LogP contribution in [0.1, 0.15) is 22.8 Å². The van der Waals surface area contributed by atoms with Crippen LogP contribution in [-0.2, 0) is 25.1 Å². The molecule has 0 saturated heterocycles. The Hall–Kier alpha value is -2.42. The molecule has 1 atom stereocenters. The monoisotopic (exact) mass is 342 g/mol. The van der Waals surface area contributed by atoms with E-state index in [9.17, 15) is 22.8 Å². The highest BCUT2D eigenvalue weighted by Gasteiger charge is 2.20. The molecule has 3 amide bonds. The third kappa shape index (κ3) is 6.47. The van der Waals surface area contributed by atoms with Gasteiger partial charge in [0.1, 0.15) is 0 Å². The topological polar surface area (TPSA) is 119 Å². The van der Waals surface area contributed by atoms with Crippen molar-refractivity contribution in [3.63, 3.8) is 0 Å². The Balaban J connectivity index is 2.67. The number of imide groups is 1. The van der Waals surface area contributed by atoms with Crippen molar-refractivity contribution in [2.24, 2.45) is 0 Å². The largest absolute Gasteiger partial charge is 0.449 e. The summed E-state index contributed by atoms with van der Waals surface area (Å²) < 4.78 is 27.3. The molecule has 0 aromatic heterocycles. The van der Waals surface area contributed by atoms with Crippen LogP contribution < -0.4 is 10.6 Å². The van der Waals surface area contributed by atoms with Crippen LogP contribution in [0.15, 0.2) is 24.3 Å². The second-order valence-corrected chi connectivity index (χ2v) is 7.02. The lowest BCUT2D eigenvalue weighted by Crippen LogP contribution is -2.43. The predicted molar refractivity (Wildman–Crippen MR) is 82.5 cm³/mol. The molecule has 0 aliphatic carbocycles. The molecule has 1 aromatic carbocycles. The number of ether oxygens (including phenoxy) is 1. The first-order chi connectivity index (χ1) is 10.6. The standard InChI is InChI=1S/C14H18N2O6S/c1-9(12(17)16-14(19)15-2)22-13(18)11-6-4-10(5-7-11)8-23(3,20)21/h4-7,9H,8H2,1-3H3,(H2,15,16,17,19)/t9-/m1/s1. The maximum Gasteiger partial charge on any atom is 0.338 e. The van der Waals surface area contributed by atoms with Crippen LogP contribution >= 0.6 is 0 Å². The Morgan fingerprint density at radius 1 is 1.17 bits per heavy atom. The van der Waals surface area contributed by atoms with Crippen LogP contribution in [0.25, 0.3) is 0 Å². The van der Waals surface area contributed by atoms with E-state index in [-0.39, 0.29) is 11.3 Å². The van der Waals surface area contributed by atoms with Gasteiger partial charge in [0.05, 0.1) is 11.3 Å². The zero-order valence-electron chi connectivity index (χ0n) is 13.0. The van der Waals surface area contributed by atoms with Crippen LogP contribution in [0, 0.1) is 0 Å². The van der Waals surface area contributed by atoms with Crippen molar-refractivity contribution in [2.75, 3.05) is 13.3 Å². The van der Waals surface area contributed by atoms with Crippen molar-refractivity contribution in [3.05, 3.63) is 35.4 Å². The normalized spacial score (nSPS) is 12.1. The molecular weight excluding hydrogens is 324 g/mol. The van der Waals surface area contributed by atoms with E-state index < -0.39 is 33.8 Å². The summed E-state index contributed by atoms with van der Waals surface area (Å²) in [5.41, 5.74) is 0.705. The Bertz CT molecular complexity index is 696. The van der Waals surface area contributed by atoms with Gasteiger partial charge in [-0.25, -0.2) is 18.0 Å².